The number of aromatic nitrogens is 8. The van der Waals surface area contributed by atoms with E-state index in [-0.39, 0.29) is 17.5 Å². The second kappa shape index (κ2) is 10.8. The molecule has 4 heterocycles. The van der Waals surface area contributed by atoms with E-state index in [1.165, 1.54) is 30.6 Å². The molecule has 0 aliphatic carbocycles. The van der Waals surface area contributed by atoms with Crippen molar-refractivity contribution in [3.8, 4) is 28.7 Å². The second-order valence-corrected chi connectivity index (χ2v) is 8.60. The highest BCUT2D eigenvalue weighted by atomic mass is 19.4. The van der Waals surface area contributed by atoms with Gasteiger partial charge in [-0.25, -0.2) is 4.98 Å². The Morgan fingerprint density at radius 2 is 1.89 bits per heavy atom. The van der Waals surface area contributed by atoms with Gasteiger partial charge in [-0.1, -0.05) is 5.16 Å². The minimum absolute atomic E-state index is 0.209. The first-order chi connectivity index (χ1) is 18.3. The van der Waals surface area contributed by atoms with Gasteiger partial charge in [-0.05, 0) is 74.2 Å². The molecular formula is C25H23F3N8O2. The molecule has 0 atom stereocenters. The average Bonchev–Trinajstić information content (AvgIpc) is 3.64. The largest absolute Gasteiger partial charge is 0.573 e. The van der Waals surface area contributed by atoms with E-state index >= 15 is 0 Å². The van der Waals surface area contributed by atoms with Gasteiger partial charge in [0, 0.05) is 29.7 Å². The van der Waals surface area contributed by atoms with Crippen molar-refractivity contribution in [2.75, 3.05) is 0 Å². The molecule has 5 aromatic rings. The van der Waals surface area contributed by atoms with Gasteiger partial charge < -0.3 is 9.26 Å². The molecule has 4 aromatic heterocycles. The Balaban J connectivity index is 1.21. The normalized spacial score (nSPS) is 11.7. The predicted octanol–water partition coefficient (Wildman–Crippen LogP) is 4.86. The molecule has 10 nitrogen and oxygen atoms in total. The monoisotopic (exact) mass is 524 g/mol. The van der Waals surface area contributed by atoms with E-state index in [4.69, 9.17) is 4.52 Å². The van der Waals surface area contributed by atoms with Gasteiger partial charge >= 0.3 is 6.36 Å². The molecule has 0 aliphatic rings. The summed E-state index contributed by atoms with van der Waals surface area (Å²) in [6.07, 6.45) is 3.12. The fourth-order valence-corrected chi connectivity index (χ4v) is 3.89. The lowest BCUT2D eigenvalue weighted by Gasteiger charge is -2.08. The third kappa shape index (κ3) is 6.41. The van der Waals surface area contributed by atoms with Crippen molar-refractivity contribution in [3.63, 3.8) is 0 Å². The molecule has 0 saturated heterocycles. The molecule has 13 heteroatoms. The summed E-state index contributed by atoms with van der Waals surface area (Å²) < 4.78 is 50.0. The number of benzene rings is 1. The maximum atomic E-state index is 12.4. The fourth-order valence-electron chi connectivity index (χ4n) is 3.89. The summed E-state index contributed by atoms with van der Waals surface area (Å²) in [5.74, 6) is 0.110. The maximum absolute atomic E-state index is 12.4. The molecule has 0 unspecified atom stereocenters. The van der Waals surface area contributed by atoms with Crippen LogP contribution in [0.3, 0.4) is 0 Å². The van der Waals surface area contributed by atoms with Gasteiger partial charge in [0.15, 0.2) is 5.69 Å². The van der Waals surface area contributed by atoms with Crippen LogP contribution in [0.5, 0.6) is 5.75 Å². The number of nitrogens with zero attached hydrogens (tertiary/aromatic N) is 8. The number of ether oxygens (including phenoxy) is 1. The van der Waals surface area contributed by atoms with Crippen LogP contribution in [0.25, 0.3) is 23.0 Å². The van der Waals surface area contributed by atoms with Crippen molar-refractivity contribution in [1.29, 1.82) is 0 Å². The number of pyridine rings is 1. The Hall–Kier alpha value is -4.55. The van der Waals surface area contributed by atoms with E-state index in [2.05, 4.69) is 41.1 Å². The summed E-state index contributed by atoms with van der Waals surface area (Å²) in [4.78, 5) is 12.8. The molecule has 0 N–H and O–H groups in total. The Labute approximate surface area is 215 Å². The Bertz CT molecular complexity index is 1480. The van der Waals surface area contributed by atoms with Crippen LogP contribution in [-0.4, -0.2) is 46.0 Å². The smallest absolute Gasteiger partial charge is 0.406 e. The Morgan fingerprint density at radius 1 is 1.05 bits per heavy atom. The van der Waals surface area contributed by atoms with Gasteiger partial charge in [-0.15, -0.1) is 13.2 Å². The molecule has 0 amide bonds. The summed E-state index contributed by atoms with van der Waals surface area (Å²) >= 11 is 0. The minimum atomic E-state index is -4.76. The highest BCUT2D eigenvalue weighted by Crippen LogP contribution is 2.27. The second-order valence-electron chi connectivity index (χ2n) is 8.60. The summed E-state index contributed by atoms with van der Waals surface area (Å²) in [7, 11) is 0. The van der Waals surface area contributed by atoms with Crippen LogP contribution in [0.2, 0.25) is 0 Å². The lowest BCUT2D eigenvalue weighted by Crippen LogP contribution is -2.16. The molecule has 196 valence electrons. The van der Waals surface area contributed by atoms with E-state index in [0.29, 0.717) is 17.8 Å². The van der Waals surface area contributed by atoms with Crippen molar-refractivity contribution in [3.05, 3.63) is 78.3 Å². The van der Waals surface area contributed by atoms with E-state index in [9.17, 15) is 13.2 Å². The van der Waals surface area contributed by atoms with Crippen molar-refractivity contribution in [2.45, 2.75) is 45.6 Å². The number of unbranched alkanes of at least 4 members (excludes halogenated alkanes) is 1. The molecule has 0 aliphatic heterocycles. The summed E-state index contributed by atoms with van der Waals surface area (Å²) in [6, 6.07) is 11.1. The van der Waals surface area contributed by atoms with Gasteiger partial charge in [0.1, 0.15) is 18.4 Å². The Kier molecular flexibility index (Phi) is 7.15. The van der Waals surface area contributed by atoms with Crippen molar-refractivity contribution < 1.29 is 22.4 Å². The molecule has 0 radical (unpaired) electrons. The van der Waals surface area contributed by atoms with Crippen LogP contribution >= 0.6 is 0 Å². The van der Waals surface area contributed by atoms with E-state index in [1.807, 2.05) is 28.4 Å². The standard InChI is InChI=1S/C25H23F3N8O2/c1-17-12-22(24-32-23(34-38-24)19-5-7-21(8-6-19)37-25(26,27)28)33-36(17)14-18-9-10-30-20(13-18)4-2-3-11-35-16-29-15-31-35/h5-10,12-13,15-16H,2-4,11,14H2,1H3. The molecule has 38 heavy (non-hydrogen) atoms. The molecule has 0 bridgehead atoms. The number of hydrogen-bond donors (Lipinski definition) is 0. The molecule has 5 rings (SSSR count). The van der Waals surface area contributed by atoms with Crippen molar-refractivity contribution in [2.24, 2.45) is 0 Å². The number of rotatable bonds is 10. The third-order valence-electron chi connectivity index (χ3n) is 5.72. The van der Waals surface area contributed by atoms with Gasteiger partial charge in [0.2, 0.25) is 5.82 Å². The van der Waals surface area contributed by atoms with Crippen molar-refractivity contribution in [1.82, 2.24) is 39.7 Å². The molecule has 0 spiro atoms. The zero-order chi connectivity index (χ0) is 26.5. The maximum Gasteiger partial charge on any atom is 0.573 e. The average molecular weight is 525 g/mol. The number of alkyl halides is 3. The molecule has 0 saturated carbocycles. The topological polar surface area (TPSA) is 110 Å². The predicted molar refractivity (Wildman–Crippen MR) is 129 cm³/mol. The lowest BCUT2D eigenvalue weighted by atomic mass is 10.1. The quantitative estimate of drug-likeness (QED) is 0.238. The summed E-state index contributed by atoms with van der Waals surface area (Å²) in [5, 5.41) is 12.7. The molecule has 0 fully saturated rings. The molecule has 1 aromatic carbocycles. The first kappa shape index (κ1) is 25.1. The van der Waals surface area contributed by atoms with E-state index in [0.717, 1.165) is 42.8 Å². The summed E-state index contributed by atoms with van der Waals surface area (Å²) in [5.41, 5.74) is 3.97. The zero-order valence-corrected chi connectivity index (χ0v) is 20.3. The zero-order valence-electron chi connectivity index (χ0n) is 20.3. The Morgan fingerprint density at radius 3 is 2.66 bits per heavy atom. The number of aryl methyl sites for hydroxylation is 3. The van der Waals surface area contributed by atoms with Gasteiger partial charge in [-0.2, -0.15) is 15.2 Å². The SMILES string of the molecule is Cc1cc(-c2nc(-c3ccc(OC(F)(F)F)cc3)no2)nn1Cc1ccnc(CCCCn2cncn2)c1. The van der Waals surface area contributed by atoms with Crippen LogP contribution in [0.4, 0.5) is 13.2 Å². The van der Waals surface area contributed by atoms with Gasteiger partial charge in [0.05, 0.1) is 6.54 Å². The highest BCUT2D eigenvalue weighted by molar-refractivity contribution is 5.58. The third-order valence-corrected chi connectivity index (χ3v) is 5.72. The van der Waals surface area contributed by atoms with Gasteiger partial charge in [0.25, 0.3) is 5.89 Å². The van der Waals surface area contributed by atoms with E-state index in [1.54, 1.807) is 12.5 Å². The van der Waals surface area contributed by atoms with Crippen LogP contribution < -0.4 is 4.74 Å². The fraction of sp³-hybridized carbons (Fsp3) is 0.280. The molecular weight excluding hydrogens is 501 g/mol. The highest BCUT2D eigenvalue weighted by Gasteiger charge is 2.31. The number of hydrogen-bond acceptors (Lipinski definition) is 8. The minimum Gasteiger partial charge on any atom is -0.406 e. The van der Waals surface area contributed by atoms with E-state index < -0.39 is 6.36 Å². The van der Waals surface area contributed by atoms with Crippen LogP contribution in [0, 0.1) is 6.92 Å². The van der Waals surface area contributed by atoms with Crippen LogP contribution in [0.15, 0.2) is 65.8 Å². The first-order valence-corrected chi connectivity index (χ1v) is 11.8. The number of halogens is 3. The summed E-state index contributed by atoms with van der Waals surface area (Å²) in [6.45, 7) is 3.30. The first-order valence-electron chi connectivity index (χ1n) is 11.8. The lowest BCUT2D eigenvalue weighted by molar-refractivity contribution is -0.274. The van der Waals surface area contributed by atoms with Crippen molar-refractivity contribution >= 4 is 0 Å². The van der Waals surface area contributed by atoms with Crippen LogP contribution in [-0.2, 0) is 19.5 Å². The van der Waals surface area contributed by atoms with Gasteiger partial charge in [-0.3, -0.25) is 14.3 Å². The van der Waals surface area contributed by atoms with Crippen LogP contribution in [0.1, 0.15) is 29.8 Å².